The Balaban J connectivity index is 4.03. The summed E-state index contributed by atoms with van der Waals surface area (Å²) in [7, 11) is 0. The number of hydrazine groups is 1. The number of thiol groups is 1. The van der Waals surface area contributed by atoms with E-state index < -0.39 is 29.7 Å². The summed E-state index contributed by atoms with van der Waals surface area (Å²) in [4.78, 5) is 31.6. The molecule has 0 radical (unpaired) electrons. The highest BCUT2D eigenvalue weighted by Crippen LogP contribution is 1.90. The lowest BCUT2D eigenvalue weighted by Gasteiger charge is -2.16. The highest BCUT2D eigenvalue weighted by atomic mass is 32.1. The first-order valence-electron chi connectivity index (χ1n) is 4.09. The molecule has 0 bridgehead atoms. The van der Waals surface area contributed by atoms with Crippen molar-refractivity contribution in [2.45, 2.75) is 18.5 Å². The maximum absolute atomic E-state index is 10.7. The highest BCUT2D eigenvalue weighted by Gasteiger charge is 2.16. The van der Waals surface area contributed by atoms with E-state index in [1.807, 2.05) is 0 Å². The highest BCUT2D eigenvalue weighted by molar-refractivity contribution is 7.96. The monoisotopic (exact) mass is 235 g/mol. The largest absolute Gasteiger partial charge is 0.394 e. The van der Waals surface area contributed by atoms with E-state index in [4.69, 9.17) is 10.8 Å². The molecule has 0 aromatic carbocycles. The van der Waals surface area contributed by atoms with E-state index in [0.717, 1.165) is 0 Å². The van der Waals surface area contributed by atoms with Crippen molar-refractivity contribution in [3.8, 4) is 0 Å². The minimum atomic E-state index is -0.941. The minimum absolute atomic E-state index is 0.199. The Morgan fingerprint density at radius 2 is 2.07 bits per heavy atom. The molecule has 8 heteroatoms. The quantitative estimate of drug-likeness (QED) is 0.178. The topological polar surface area (TPSA) is 122 Å². The zero-order valence-corrected chi connectivity index (χ0v) is 8.74. The maximum atomic E-state index is 10.7. The molecule has 0 fully saturated rings. The fraction of sp³-hybridized carbons (Fsp3) is 0.571. The van der Waals surface area contributed by atoms with Crippen molar-refractivity contribution in [2.24, 2.45) is 5.73 Å². The molecular formula is C7H13N3O4S. The Kier molecular flexibility index (Phi) is 6.88. The lowest BCUT2D eigenvalue weighted by molar-refractivity contribution is -0.121. The number of nitrogens with one attached hydrogen (secondary N) is 2. The minimum Gasteiger partial charge on any atom is -0.394 e. The van der Waals surface area contributed by atoms with E-state index in [2.05, 4.69) is 23.5 Å². The van der Waals surface area contributed by atoms with E-state index in [1.165, 1.54) is 0 Å². The van der Waals surface area contributed by atoms with Crippen molar-refractivity contribution in [1.82, 2.24) is 10.9 Å². The number of rotatable bonds is 8. The van der Waals surface area contributed by atoms with Gasteiger partial charge in [-0.15, -0.1) is 12.6 Å². The Labute approximate surface area is 91.8 Å². The third kappa shape index (κ3) is 6.18. The smallest absolute Gasteiger partial charge is 0.219 e. The summed E-state index contributed by atoms with van der Waals surface area (Å²) in [5.74, 6) is -0.654. The Morgan fingerprint density at radius 1 is 1.47 bits per heavy atom. The Hall–Kier alpha value is -0.960. The van der Waals surface area contributed by atoms with Crippen LogP contribution in [0.5, 0.6) is 0 Å². The molecule has 0 aromatic rings. The van der Waals surface area contributed by atoms with Crippen molar-refractivity contribution < 1.29 is 19.5 Å². The second kappa shape index (κ2) is 7.35. The van der Waals surface area contributed by atoms with Crippen LogP contribution in [0.25, 0.3) is 0 Å². The van der Waals surface area contributed by atoms with Crippen LogP contribution < -0.4 is 16.6 Å². The van der Waals surface area contributed by atoms with Crippen molar-refractivity contribution in [2.75, 3.05) is 6.61 Å². The Bertz CT molecular complexity index is 248. The third-order valence-corrected chi connectivity index (χ3v) is 1.82. The zero-order chi connectivity index (χ0) is 11.8. The van der Waals surface area contributed by atoms with Gasteiger partial charge in [-0.1, -0.05) is 0 Å². The van der Waals surface area contributed by atoms with Crippen molar-refractivity contribution in [3.05, 3.63) is 0 Å². The van der Waals surface area contributed by atoms with Crippen LogP contribution in [0.1, 0.15) is 6.42 Å². The molecule has 1 amide bonds. The van der Waals surface area contributed by atoms with Crippen LogP contribution in [0.4, 0.5) is 0 Å². The molecule has 7 nitrogen and oxygen atoms in total. The van der Waals surface area contributed by atoms with Gasteiger partial charge in [-0.2, -0.15) is 0 Å². The van der Waals surface area contributed by atoms with E-state index in [0.29, 0.717) is 6.29 Å². The van der Waals surface area contributed by atoms with E-state index >= 15 is 0 Å². The van der Waals surface area contributed by atoms with Crippen LogP contribution >= 0.6 is 12.6 Å². The maximum Gasteiger partial charge on any atom is 0.219 e. The molecule has 0 saturated carbocycles. The van der Waals surface area contributed by atoms with Gasteiger partial charge in [0.05, 0.1) is 12.6 Å². The number of carbonyl (C=O) groups is 3. The summed E-state index contributed by atoms with van der Waals surface area (Å²) in [5, 5.41) is 8.12. The molecule has 0 rings (SSSR count). The summed E-state index contributed by atoms with van der Waals surface area (Å²) in [6.07, 6.45) is 0.268. The molecule has 0 saturated heterocycles. The molecule has 0 aromatic heterocycles. The zero-order valence-electron chi connectivity index (χ0n) is 7.84. The van der Waals surface area contributed by atoms with Crippen molar-refractivity contribution in [1.29, 1.82) is 0 Å². The predicted molar refractivity (Wildman–Crippen MR) is 54.8 cm³/mol. The molecule has 2 atom stereocenters. The van der Waals surface area contributed by atoms with Crippen LogP contribution in [-0.4, -0.2) is 41.1 Å². The molecule has 5 N–H and O–H groups in total. The number of hydrogen-bond donors (Lipinski definition) is 5. The van der Waals surface area contributed by atoms with Gasteiger partial charge in [-0.25, -0.2) is 10.9 Å². The predicted octanol–water partition coefficient (Wildman–Crippen LogP) is -2.66. The van der Waals surface area contributed by atoms with Gasteiger partial charge in [-0.3, -0.25) is 9.59 Å². The fourth-order valence-corrected chi connectivity index (χ4v) is 0.889. The fourth-order valence-electron chi connectivity index (χ4n) is 0.743. The molecule has 0 heterocycles. The average molecular weight is 235 g/mol. The molecule has 0 aliphatic rings. The first-order chi connectivity index (χ1) is 7.01. The van der Waals surface area contributed by atoms with Gasteiger partial charge in [-0.05, 0) is 0 Å². The number of primary amides is 1. The van der Waals surface area contributed by atoms with E-state index in [1.54, 1.807) is 0 Å². The van der Waals surface area contributed by atoms with Crippen molar-refractivity contribution >= 4 is 29.9 Å². The second-order valence-electron chi connectivity index (χ2n) is 2.78. The van der Waals surface area contributed by atoms with Crippen LogP contribution in [0.15, 0.2) is 0 Å². The van der Waals surface area contributed by atoms with Gasteiger partial charge in [0.1, 0.15) is 12.3 Å². The van der Waals surface area contributed by atoms with Crippen LogP contribution in [0, 0.1) is 0 Å². The standard InChI is InChI=1S/C7H13N3O4S/c8-6(13)1-4(2-11)9-10-5(3-12)7(14)15/h2,4-5,9-10,12H,1,3H2,(H2,8,13)(H,14,15)/t4-,5-/m0/s1. The third-order valence-electron chi connectivity index (χ3n) is 1.51. The first kappa shape index (κ1) is 14.0. The number of aliphatic hydroxyl groups excluding tert-OH is 1. The van der Waals surface area contributed by atoms with Gasteiger partial charge in [0.15, 0.2) is 0 Å². The number of amides is 1. The summed E-state index contributed by atoms with van der Waals surface area (Å²) in [6, 6.07) is -1.78. The molecular weight excluding hydrogens is 222 g/mol. The number of hydrogen-bond acceptors (Lipinski definition) is 6. The lowest BCUT2D eigenvalue weighted by Crippen LogP contribution is -2.51. The lowest BCUT2D eigenvalue weighted by atomic mass is 10.2. The number of carbonyl (C=O) groups excluding carboxylic acids is 3. The van der Waals surface area contributed by atoms with E-state index in [9.17, 15) is 14.4 Å². The Morgan fingerprint density at radius 3 is 2.40 bits per heavy atom. The van der Waals surface area contributed by atoms with Crippen LogP contribution in [0.2, 0.25) is 0 Å². The summed E-state index contributed by atoms with van der Waals surface area (Å²) in [5.41, 5.74) is 9.62. The summed E-state index contributed by atoms with van der Waals surface area (Å²) >= 11 is 3.49. The summed E-state index contributed by atoms with van der Waals surface area (Å²) in [6.45, 7) is -0.475. The van der Waals surface area contributed by atoms with Gasteiger partial charge in [0.25, 0.3) is 0 Å². The molecule has 0 aliphatic heterocycles. The number of aliphatic hydroxyl groups is 1. The number of nitrogens with two attached hydrogens (primary N) is 1. The van der Waals surface area contributed by atoms with Gasteiger partial charge >= 0.3 is 0 Å². The normalized spacial score (nSPS) is 14.3. The molecule has 86 valence electrons. The van der Waals surface area contributed by atoms with Gasteiger partial charge in [0.2, 0.25) is 11.0 Å². The molecule has 0 unspecified atom stereocenters. The first-order valence-corrected chi connectivity index (χ1v) is 4.54. The summed E-state index contributed by atoms with van der Waals surface area (Å²) < 4.78 is 0. The molecule has 0 aliphatic carbocycles. The SMILES string of the molecule is NC(=O)C[C@@H](C=O)NN[C@@H](CO)C(=O)S. The van der Waals surface area contributed by atoms with Gasteiger partial charge < -0.3 is 15.6 Å². The van der Waals surface area contributed by atoms with E-state index in [-0.39, 0.29) is 6.42 Å². The van der Waals surface area contributed by atoms with Crippen molar-refractivity contribution in [3.63, 3.8) is 0 Å². The van der Waals surface area contributed by atoms with Gasteiger partial charge in [0, 0.05) is 6.42 Å². The molecule has 0 spiro atoms. The molecule has 15 heavy (non-hydrogen) atoms. The van der Waals surface area contributed by atoms with Crippen LogP contribution in [-0.2, 0) is 14.4 Å². The average Bonchev–Trinajstić information content (AvgIpc) is 2.15. The number of aldehydes is 1. The van der Waals surface area contributed by atoms with Crippen LogP contribution in [0.3, 0.4) is 0 Å². The second-order valence-corrected chi connectivity index (χ2v) is 3.22.